The van der Waals surface area contributed by atoms with Gasteiger partial charge in [0.25, 0.3) is 0 Å². The number of hydrogen-bond acceptors (Lipinski definition) is 11. The first-order valence-corrected chi connectivity index (χ1v) is 19.9. The zero-order valence-electron chi connectivity index (χ0n) is 25.5. The molecule has 4 aromatic heterocycles. The summed E-state index contributed by atoms with van der Waals surface area (Å²) in [5.41, 5.74) is 4.45. The Labute approximate surface area is 258 Å². The van der Waals surface area contributed by atoms with Gasteiger partial charge in [-0.05, 0) is 49.2 Å². The van der Waals surface area contributed by atoms with Crippen molar-refractivity contribution in [2.24, 2.45) is 0 Å². The van der Waals surface area contributed by atoms with E-state index in [1.54, 1.807) is 11.3 Å². The van der Waals surface area contributed by atoms with Gasteiger partial charge in [-0.3, -0.25) is 19.8 Å². The molecule has 0 aromatic carbocycles. The van der Waals surface area contributed by atoms with Crippen LogP contribution in [0.25, 0.3) is 11.0 Å². The van der Waals surface area contributed by atoms with E-state index in [2.05, 4.69) is 67.1 Å². The number of ether oxygens (including phenoxy) is 2. The number of fused-ring (bicyclic) bond motifs is 1. The highest BCUT2D eigenvalue weighted by Crippen LogP contribution is 2.38. The van der Waals surface area contributed by atoms with E-state index in [9.17, 15) is 0 Å². The Morgan fingerprint density at radius 3 is 2.58 bits per heavy atom. The summed E-state index contributed by atoms with van der Waals surface area (Å²) in [5, 5.41) is 14.6. The first-order chi connectivity index (χ1) is 20.9. The molecule has 0 spiro atoms. The van der Waals surface area contributed by atoms with Gasteiger partial charge in [-0.2, -0.15) is 0 Å². The van der Waals surface area contributed by atoms with Crippen molar-refractivity contribution >= 4 is 52.8 Å². The molecule has 0 amide bonds. The molecule has 4 aromatic rings. The summed E-state index contributed by atoms with van der Waals surface area (Å²) >= 11 is 1.67. The fourth-order valence-corrected chi connectivity index (χ4v) is 7.15. The maximum absolute atomic E-state index is 6.20. The first-order valence-electron chi connectivity index (χ1n) is 15.4. The molecule has 1 aliphatic heterocycles. The largest absolute Gasteiger partial charge is 0.379 e. The first kappa shape index (κ1) is 30.0. The van der Waals surface area contributed by atoms with Crippen LogP contribution in [0, 0.1) is 0 Å². The minimum Gasteiger partial charge on any atom is -0.379 e. The van der Waals surface area contributed by atoms with Gasteiger partial charge in [0.2, 0.25) is 5.13 Å². The number of nitrogens with one attached hydrogen (secondary N) is 1. The van der Waals surface area contributed by atoms with Crippen LogP contribution in [0.5, 0.6) is 0 Å². The number of pyridine rings is 3. The van der Waals surface area contributed by atoms with Gasteiger partial charge < -0.3 is 14.8 Å². The fraction of sp³-hybridized carbons (Fsp3) is 0.516. The molecule has 1 saturated carbocycles. The topological polar surface area (TPSA) is 101 Å². The number of anilines is 4. The lowest BCUT2D eigenvalue weighted by atomic mass is 10.1. The molecule has 12 heteroatoms. The van der Waals surface area contributed by atoms with Crippen molar-refractivity contribution in [2.75, 3.05) is 49.9 Å². The van der Waals surface area contributed by atoms with Crippen LogP contribution in [-0.2, 0) is 16.0 Å². The molecule has 0 radical (unpaired) electrons. The van der Waals surface area contributed by atoms with Crippen LogP contribution in [0.3, 0.4) is 0 Å². The monoisotopic (exact) mass is 618 g/mol. The third kappa shape index (κ3) is 8.12. The van der Waals surface area contributed by atoms with E-state index in [0.29, 0.717) is 12.6 Å². The number of aromatic nitrogens is 5. The third-order valence-electron chi connectivity index (χ3n) is 7.98. The van der Waals surface area contributed by atoms with E-state index in [1.165, 1.54) is 25.7 Å². The van der Waals surface area contributed by atoms with Crippen molar-refractivity contribution in [2.45, 2.75) is 63.8 Å². The van der Waals surface area contributed by atoms with Crippen molar-refractivity contribution in [3.05, 3.63) is 53.4 Å². The van der Waals surface area contributed by atoms with Gasteiger partial charge in [-0.15, -0.1) is 10.2 Å². The molecule has 0 bridgehead atoms. The average Bonchev–Trinajstić information content (AvgIpc) is 3.71. The smallest absolute Gasteiger partial charge is 0.215 e. The highest BCUT2D eigenvalue weighted by atomic mass is 32.1. The lowest BCUT2D eigenvalue weighted by Gasteiger charge is -2.26. The average molecular weight is 619 g/mol. The maximum Gasteiger partial charge on any atom is 0.215 e. The number of morpholine rings is 1. The molecular weight excluding hydrogens is 577 g/mol. The highest BCUT2D eigenvalue weighted by Gasteiger charge is 2.24. The molecule has 2 fully saturated rings. The highest BCUT2D eigenvalue weighted by molar-refractivity contribution is 7.15. The van der Waals surface area contributed by atoms with Crippen molar-refractivity contribution in [1.29, 1.82) is 0 Å². The summed E-state index contributed by atoms with van der Waals surface area (Å²) in [6.07, 6.45) is 8.65. The van der Waals surface area contributed by atoms with Crippen LogP contribution in [-0.4, -0.2) is 77.8 Å². The Morgan fingerprint density at radius 2 is 1.81 bits per heavy atom. The van der Waals surface area contributed by atoms with Gasteiger partial charge in [0.1, 0.15) is 17.6 Å². The molecule has 10 nitrogen and oxygen atoms in total. The molecular formula is C31H42N8O2SSi. The standard InChI is InChI=1S/C31H42N8O2SSi/c1-43(2,3)17-16-41-22-39(31-37-36-30(42-31)23-6-4-5-7-23)29-11-10-27-28(35-29)18-26(20-33-27)34-24-8-9-25(32-19-24)21-38-12-14-40-15-13-38/h8-11,18-20,23,34H,4-7,12-17,21-22H2,1-3H3. The Bertz CT molecular complexity index is 1480. The predicted molar refractivity (Wildman–Crippen MR) is 175 cm³/mol. The lowest BCUT2D eigenvalue weighted by Crippen LogP contribution is -2.35. The zero-order valence-corrected chi connectivity index (χ0v) is 27.3. The summed E-state index contributed by atoms with van der Waals surface area (Å²) < 4.78 is 11.7. The second-order valence-electron chi connectivity index (χ2n) is 12.7. The minimum absolute atomic E-state index is 0.385. The molecule has 2 aliphatic rings. The fourth-order valence-electron chi connectivity index (χ4n) is 5.39. The molecule has 1 N–H and O–H groups in total. The third-order valence-corrected chi connectivity index (χ3v) is 10.8. The Balaban J connectivity index is 1.19. The molecule has 5 heterocycles. The zero-order chi connectivity index (χ0) is 29.6. The minimum atomic E-state index is -1.20. The predicted octanol–water partition coefficient (Wildman–Crippen LogP) is 6.56. The van der Waals surface area contributed by atoms with Crippen molar-refractivity contribution < 1.29 is 9.47 Å². The van der Waals surface area contributed by atoms with E-state index >= 15 is 0 Å². The second-order valence-corrected chi connectivity index (χ2v) is 19.3. The Kier molecular flexibility index (Phi) is 9.58. The van der Waals surface area contributed by atoms with Crippen LogP contribution in [0.4, 0.5) is 22.3 Å². The van der Waals surface area contributed by atoms with E-state index in [-0.39, 0.29) is 0 Å². The Morgan fingerprint density at radius 1 is 1.00 bits per heavy atom. The van der Waals surface area contributed by atoms with E-state index in [0.717, 1.165) is 89.6 Å². The van der Waals surface area contributed by atoms with Gasteiger partial charge in [-0.25, -0.2) is 4.98 Å². The number of hydrogen-bond donors (Lipinski definition) is 1. The van der Waals surface area contributed by atoms with Crippen molar-refractivity contribution in [1.82, 2.24) is 30.0 Å². The van der Waals surface area contributed by atoms with Crippen LogP contribution in [0.2, 0.25) is 25.7 Å². The molecule has 6 rings (SSSR count). The van der Waals surface area contributed by atoms with Crippen LogP contribution in [0.1, 0.15) is 42.3 Å². The molecule has 0 unspecified atom stereocenters. The Hall–Kier alpha value is -3.03. The number of nitrogens with zero attached hydrogens (tertiary/aromatic N) is 7. The summed E-state index contributed by atoms with van der Waals surface area (Å²) in [6, 6.07) is 11.3. The molecule has 228 valence electrons. The lowest BCUT2D eigenvalue weighted by molar-refractivity contribution is 0.0336. The van der Waals surface area contributed by atoms with E-state index in [4.69, 9.17) is 14.5 Å². The maximum atomic E-state index is 6.20. The summed E-state index contributed by atoms with van der Waals surface area (Å²) in [5.74, 6) is 1.30. The molecule has 1 saturated heterocycles. The summed E-state index contributed by atoms with van der Waals surface area (Å²) in [7, 11) is -1.20. The normalized spacial score (nSPS) is 16.6. The van der Waals surface area contributed by atoms with Crippen LogP contribution in [0.15, 0.2) is 42.7 Å². The second kappa shape index (κ2) is 13.7. The summed E-state index contributed by atoms with van der Waals surface area (Å²) in [4.78, 5) is 18.8. The van der Waals surface area contributed by atoms with E-state index < -0.39 is 8.07 Å². The van der Waals surface area contributed by atoms with E-state index in [1.807, 2.05) is 30.6 Å². The van der Waals surface area contributed by atoms with Crippen molar-refractivity contribution in [3.8, 4) is 0 Å². The quantitative estimate of drug-likeness (QED) is 0.107. The molecule has 43 heavy (non-hydrogen) atoms. The number of rotatable bonds is 12. The molecule has 0 atom stereocenters. The van der Waals surface area contributed by atoms with Crippen LogP contribution >= 0.6 is 11.3 Å². The van der Waals surface area contributed by atoms with Crippen molar-refractivity contribution in [3.63, 3.8) is 0 Å². The van der Waals surface area contributed by atoms with Crippen LogP contribution < -0.4 is 10.2 Å². The molecule has 1 aliphatic carbocycles. The van der Waals surface area contributed by atoms with Gasteiger partial charge in [0, 0.05) is 40.2 Å². The van der Waals surface area contributed by atoms with Gasteiger partial charge in [0.05, 0.1) is 53.7 Å². The summed E-state index contributed by atoms with van der Waals surface area (Å²) in [6.45, 7) is 12.5. The van der Waals surface area contributed by atoms with Gasteiger partial charge in [-0.1, -0.05) is 43.8 Å². The van der Waals surface area contributed by atoms with Gasteiger partial charge in [0.15, 0.2) is 0 Å². The SMILES string of the molecule is C[Si](C)(C)CCOCN(c1ccc2ncc(Nc3ccc(CN4CCOCC4)nc3)cc2n1)c1nnc(C2CCCC2)s1. The van der Waals surface area contributed by atoms with Gasteiger partial charge >= 0.3 is 0 Å².